The van der Waals surface area contributed by atoms with E-state index in [1.807, 2.05) is 30.3 Å². The maximum atomic E-state index is 12.7. The summed E-state index contributed by atoms with van der Waals surface area (Å²) in [5.74, 6) is -0.597. The maximum absolute atomic E-state index is 12.7. The molecule has 0 aromatic heterocycles. The molecule has 0 spiro atoms. The van der Waals surface area contributed by atoms with Crippen molar-refractivity contribution in [2.24, 2.45) is 0 Å². The fourth-order valence-electron chi connectivity index (χ4n) is 3.57. The minimum Gasteiger partial charge on any atom is -0.445 e. The highest BCUT2D eigenvalue weighted by Gasteiger charge is 2.46. The molecular weight excluding hydrogens is 384 g/mol. The van der Waals surface area contributed by atoms with Crippen molar-refractivity contribution in [1.82, 2.24) is 10.2 Å². The van der Waals surface area contributed by atoms with Gasteiger partial charge in [-0.25, -0.2) is 4.79 Å². The molecular formula is C19H26N2O8. The van der Waals surface area contributed by atoms with Crippen LogP contribution in [0.2, 0.25) is 0 Å². The zero-order valence-electron chi connectivity index (χ0n) is 15.8. The van der Waals surface area contributed by atoms with Gasteiger partial charge in [0.2, 0.25) is 5.91 Å². The molecule has 160 valence electrons. The van der Waals surface area contributed by atoms with Crippen molar-refractivity contribution in [3.05, 3.63) is 35.9 Å². The van der Waals surface area contributed by atoms with Gasteiger partial charge in [0, 0.05) is 6.54 Å². The van der Waals surface area contributed by atoms with E-state index in [9.17, 15) is 24.9 Å². The Labute approximate surface area is 167 Å². The Hall–Kier alpha value is -2.24. The summed E-state index contributed by atoms with van der Waals surface area (Å²) in [6.07, 6.45) is -5.44. The standard InChI is InChI=1S/C19H26N2O8/c22-9-13-15(23)16(24)14(18(26)29-13)20-17(25)12-7-4-8-21(12)19(27)28-10-11-5-2-1-3-6-11/h1-3,5-6,12-16,18,22-24,26H,4,7-10H2,(H,20,25)/t12-,13+,14+,15+,16+,18+/m0/s1. The quantitative estimate of drug-likeness (QED) is 0.402. The zero-order valence-corrected chi connectivity index (χ0v) is 15.8. The molecule has 5 N–H and O–H groups in total. The average Bonchev–Trinajstić information content (AvgIpc) is 3.23. The van der Waals surface area contributed by atoms with Crippen LogP contribution in [0.4, 0.5) is 4.79 Å². The number of rotatable bonds is 5. The number of nitrogens with one attached hydrogen (secondary N) is 1. The van der Waals surface area contributed by atoms with Crippen LogP contribution in [-0.4, -0.2) is 87.2 Å². The first-order valence-electron chi connectivity index (χ1n) is 9.50. The number of amides is 2. The monoisotopic (exact) mass is 410 g/mol. The van der Waals surface area contributed by atoms with Gasteiger partial charge in [0.05, 0.1) is 6.61 Å². The summed E-state index contributed by atoms with van der Waals surface area (Å²) in [6.45, 7) is -0.181. The topological polar surface area (TPSA) is 149 Å². The minimum atomic E-state index is -1.62. The minimum absolute atomic E-state index is 0.0765. The normalized spacial score (nSPS) is 32.1. The van der Waals surface area contributed by atoms with E-state index in [4.69, 9.17) is 14.6 Å². The predicted molar refractivity (Wildman–Crippen MR) is 98.3 cm³/mol. The molecule has 2 aliphatic rings. The van der Waals surface area contributed by atoms with Crippen molar-refractivity contribution < 1.29 is 39.5 Å². The third-order valence-electron chi connectivity index (χ3n) is 5.20. The Morgan fingerprint density at radius 3 is 2.59 bits per heavy atom. The largest absolute Gasteiger partial charge is 0.445 e. The maximum Gasteiger partial charge on any atom is 0.410 e. The zero-order chi connectivity index (χ0) is 21.0. The van der Waals surface area contributed by atoms with Gasteiger partial charge in [-0.15, -0.1) is 0 Å². The van der Waals surface area contributed by atoms with Gasteiger partial charge < -0.3 is 35.2 Å². The smallest absolute Gasteiger partial charge is 0.410 e. The first-order valence-corrected chi connectivity index (χ1v) is 9.50. The summed E-state index contributed by atoms with van der Waals surface area (Å²) in [4.78, 5) is 26.4. The second-order valence-electron chi connectivity index (χ2n) is 7.15. The lowest BCUT2D eigenvalue weighted by Crippen LogP contribution is -2.65. The molecule has 0 radical (unpaired) electrons. The van der Waals surface area contributed by atoms with Crippen molar-refractivity contribution in [2.75, 3.05) is 13.2 Å². The molecule has 2 heterocycles. The van der Waals surface area contributed by atoms with Gasteiger partial charge in [-0.2, -0.15) is 0 Å². The molecule has 1 aromatic rings. The fourth-order valence-corrected chi connectivity index (χ4v) is 3.57. The van der Waals surface area contributed by atoms with Gasteiger partial charge in [0.1, 0.15) is 37.0 Å². The van der Waals surface area contributed by atoms with E-state index >= 15 is 0 Å². The van der Waals surface area contributed by atoms with Gasteiger partial charge in [-0.05, 0) is 18.4 Å². The molecule has 2 amide bonds. The van der Waals surface area contributed by atoms with Crippen LogP contribution in [0.25, 0.3) is 0 Å². The number of likely N-dealkylation sites (tertiary alicyclic amines) is 1. The number of hydrogen-bond acceptors (Lipinski definition) is 8. The molecule has 0 aliphatic carbocycles. The van der Waals surface area contributed by atoms with Crippen LogP contribution in [0.1, 0.15) is 18.4 Å². The molecule has 2 saturated heterocycles. The Morgan fingerprint density at radius 2 is 1.90 bits per heavy atom. The lowest BCUT2D eigenvalue weighted by atomic mass is 9.96. The summed E-state index contributed by atoms with van der Waals surface area (Å²) in [5, 5.41) is 41.7. The molecule has 10 heteroatoms. The van der Waals surface area contributed by atoms with E-state index in [1.165, 1.54) is 4.90 Å². The third kappa shape index (κ3) is 4.85. The number of carbonyl (C=O) groups excluding carboxylic acids is 2. The van der Waals surface area contributed by atoms with E-state index in [-0.39, 0.29) is 6.61 Å². The molecule has 0 bridgehead atoms. The number of ether oxygens (including phenoxy) is 2. The van der Waals surface area contributed by atoms with Crippen LogP contribution in [-0.2, 0) is 20.9 Å². The van der Waals surface area contributed by atoms with Gasteiger partial charge in [0.15, 0.2) is 6.29 Å². The summed E-state index contributed by atoms with van der Waals surface area (Å²) < 4.78 is 10.3. The molecule has 10 nitrogen and oxygen atoms in total. The van der Waals surface area contributed by atoms with Crippen molar-refractivity contribution >= 4 is 12.0 Å². The van der Waals surface area contributed by atoms with Crippen LogP contribution in [0.5, 0.6) is 0 Å². The van der Waals surface area contributed by atoms with Crippen LogP contribution >= 0.6 is 0 Å². The van der Waals surface area contributed by atoms with E-state index < -0.39 is 55.3 Å². The van der Waals surface area contributed by atoms with Crippen LogP contribution in [0.15, 0.2) is 30.3 Å². The molecule has 6 atom stereocenters. The van der Waals surface area contributed by atoms with E-state index in [0.29, 0.717) is 19.4 Å². The highest BCUT2D eigenvalue weighted by molar-refractivity contribution is 5.86. The molecule has 2 aliphatic heterocycles. The van der Waals surface area contributed by atoms with Crippen LogP contribution in [0.3, 0.4) is 0 Å². The highest BCUT2D eigenvalue weighted by atomic mass is 16.6. The lowest BCUT2D eigenvalue weighted by Gasteiger charge is -2.40. The number of hydrogen-bond donors (Lipinski definition) is 5. The Kier molecular flexibility index (Phi) is 7.04. The summed E-state index contributed by atoms with van der Waals surface area (Å²) >= 11 is 0. The second-order valence-corrected chi connectivity index (χ2v) is 7.15. The number of aliphatic hydroxyl groups is 4. The van der Waals surface area contributed by atoms with Crippen molar-refractivity contribution in [3.8, 4) is 0 Å². The summed E-state index contributed by atoms with van der Waals surface area (Å²) in [6, 6.07) is 7.01. The van der Waals surface area contributed by atoms with E-state index in [0.717, 1.165) is 5.56 Å². The van der Waals surface area contributed by atoms with Gasteiger partial charge >= 0.3 is 6.09 Å². The molecule has 0 unspecified atom stereocenters. The van der Waals surface area contributed by atoms with Gasteiger partial charge in [-0.1, -0.05) is 30.3 Å². The Morgan fingerprint density at radius 1 is 1.17 bits per heavy atom. The predicted octanol–water partition coefficient (Wildman–Crippen LogP) is -1.30. The van der Waals surface area contributed by atoms with Crippen LogP contribution in [0, 0.1) is 0 Å². The number of carbonyl (C=O) groups is 2. The Balaban J connectivity index is 1.58. The van der Waals surface area contributed by atoms with Gasteiger partial charge in [0.25, 0.3) is 0 Å². The fraction of sp³-hybridized carbons (Fsp3) is 0.579. The van der Waals surface area contributed by atoms with E-state index in [2.05, 4.69) is 5.32 Å². The number of aliphatic hydroxyl groups excluding tert-OH is 4. The first kappa shape index (κ1) is 21.5. The average molecular weight is 410 g/mol. The first-order chi connectivity index (χ1) is 13.9. The van der Waals surface area contributed by atoms with Crippen molar-refractivity contribution in [1.29, 1.82) is 0 Å². The second kappa shape index (κ2) is 9.51. The molecule has 1 aromatic carbocycles. The van der Waals surface area contributed by atoms with Crippen LogP contribution < -0.4 is 5.32 Å². The van der Waals surface area contributed by atoms with Gasteiger partial charge in [-0.3, -0.25) is 9.69 Å². The van der Waals surface area contributed by atoms with E-state index in [1.54, 1.807) is 0 Å². The highest BCUT2D eigenvalue weighted by Crippen LogP contribution is 2.23. The molecule has 29 heavy (non-hydrogen) atoms. The SMILES string of the molecule is O=C(N[C@@H]1[C@@H](O)[C@H](O)[C@@H](CO)O[C@H]1O)[C@@H]1CCCN1C(=O)OCc1ccccc1. The summed E-state index contributed by atoms with van der Waals surface area (Å²) in [5.41, 5.74) is 0.819. The lowest BCUT2D eigenvalue weighted by molar-refractivity contribution is -0.254. The Bertz CT molecular complexity index is 703. The number of benzene rings is 1. The van der Waals surface area contributed by atoms with Crippen molar-refractivity contribution in [3.63, 3.8) is 0 Å². The van der Waals surface area contributed by atoms with Crippen molar-refractivity contribution in [2.45, 2.75) is 56.1 Å². The number of nitrogens with zero attached hydrogens (tertiary/aromatic N) is 1. The third-order valence-corrected chi connectivity index (χ3v) is 5.20. The molecule has 3 rings (SSSR count). The summed E-state index contributed by atoms with van der Waals surface area (Å²) in [7, 11) is 0. The molecule has 0 saturated carbocycles. The molecule has 2 fully saturated rings.